The van der Waals surface area contributed by atoms with Gasteiger partial charge < -0.3 is 15.4 Å². The van der Waals surface area contributed by atoms with Gasteiger partial charge >= 0.3 is 0 Å². The molecule has 0 radical (unpaired) electrons. The van der Waals surface area contributed by atoms with Crippen LogP contribution >= 0.6 is 12.2 Å². The van der Waals surface area contributed by atoms with Crippen molar-refractivity contribution in [2.24, 2.45) is 0 Å². The third-order valence-corrected chi connectivity index (χ3v) is 4.36. The number of hydrogen-bond donors (Lipinski definition) is 2. The summed E-state index contributed by atoms with van der Waals surface area (Å²) in [4.78, 5) is 10.8. The van der Waals surface area contributed by atoms with Gasteiger partial charge in [0, 0.05) is 11.8 Å². The molecule has 0 atom stereocenters. The van der Waals surface area contributed by atoms with Gasteiger partial charge in [-0.05, 0) is 60.6 Å². The van der Waals surface area contributed by atoms with Crippen LogP contribution in [0.5, 0.6) is 5.75 Å². The maximum atomic E-state index is 11.2. The summed E-state index contributed by atoms with van der Waals surface area (Å²) in [6.45, 7) is 1.99. The number of nitrogens with one attached hydrogen (secondary N) is 2. The van der Waals surface area contributed by atoms with Crippen molar-refractivity contribution in [3.05, 3.63) is 82.4 Å². The van der Waals surface area contributed by atoms with Crippen LogP contribution in [0.25, 0.3) is 11.1 Å². The van der Waals surface area contributed by atoms with Gasteiger partial charge in [0.15, 0.2) is 5.11 Å². The molecule has 0 aliphatic rings. The minimum atomic E-state index is -0.379. The van der Waals surface area contributed by atoms with Gasteiger partial charge in [0.25, 0.3) is 5.69 Å². The summed E-state index contributed by atoms with van der Waals surface area (Å²) in [7, 11) is 1.60. The van der Waals surface area contributed by atoms with Gasteiger partial charge in [-0.25, -0.2) is 0 Å². The van der Waals surface area contributed by atoms with Crippen molar-refractivity contribution in [2.75, 3.05) is 17.7 Å². The number of thiocarbonyl (C=S) groups is 1. The van der Waals surface area contributed by atoms with E-state index in [4.69, 9.17) is 17.0 Å². The Hall–Kier alpha value is -3.45. The molecule has 0 unspecified atom stereocenters. The van der Waals surface area contributed by atoms with E-state index in [9.17, 15) is 10.1 Å². The summed E-state index contributed by atoms with van der Waals surface area (Å²) in [5.41, 5.74) is 4.04. The van der Waals surface area contributed by atoms with Crippen LogP contribution in [-0.2, 0) is 0 Å². The summed E-state index contributed by atoms with van der Waals surface area (Å²) in [6, 6.07) is 19.7. The van der Waals surface area contributed by atoms with E-state index in [1.54, 1.807) is 25.3 Å². The van der Waals surface area contributed by atoms with Crippen LogP contribution < -0.4 is 15.4 Å². The first kappa shape index (κ1) is 19.3. The average molecular weight is 393 g/mol. The molecule has 0 saturated carbocycles. The highest BCUT2D eigenvalue weighted by atomic mass is 32.1. The Balaban J connectivity index is 1.74. The van der Waals surface area contributed by atoms with E-state index < -0.39 is 0 Å². The number of nitro benzene ring substituents is 1. The number of ether oxygens (including phenoxy) is 1. The van der Waals surface area contributed by atoms with Crippen LogP contribution in [0.2, 0.25) is 0 Å². The zero-order chi connectivity index (χ0) is 20.1. The molecule has 0 heterocycles. The molecule has 0 fully saturated rings. The topological polar surface area (TPSA) is 76.4 Å². The van der Waals surface area contributed by atoms with Gasteiger partial charge in [0.1, 0.15) is 5.75 Å². The Morgan fingerprint density at radius 1 is 1.04 bits per heavy atom. The van der Waals surface area contributed by atoms with Crippen LogP contribution in [0.3, 0.4) is 0 Å². The fourth-order valence-electron chi connectivity index (χ4n) is 2.81. The molecule has 0 spiro atoms. The quantitative estimate of drug-likeness (QED) is 0.344. The Bertz CT molecular complexity index is 1020. The van der Waals surface area contributed by atoms with Gasteiger partial charge in [-0.15, -0.1) is 0 Å². The molecule has 0 saturated heterocycles. The first-order chi connectivity index (χ1) is 13.5. The van der Waals surface area contributed by atoms with Crippen molar-refractivity contribution in [3.8, 4) is 16.9 Å². The maximum absolute atomic E-state index is 11.2. The van der Waals surface area contributed by atoms with E-state index in [0.717, 1.165) is 22.5 Å². The Labute approximate surface area is 168 Å². The fourth-order valence-corrected chi connectivity index (χ4v) is 3.04. The second-order valence-electron chi connectivity index (χ2n) is 6.13. The predicted octanol–water partition coefficient (Wildman–Crippen LogP) is 5.39. The van der Waals surface area contributed by atoms with Gasteiger partial charge in [-0.1, -0.05) is 30.3 Å². The highest BCUT2D eigenvalue weighted by Crippen LogP contribution is 2.30. The predicted molar refractivity (Wildman–Crippen MR) is 116 cm³/mol. The van der Waals surface area contributed by atoms with Crippen LogP contribution in [-0.4, -0.2) is 17.1 Å². The molecule has 0 amide bonds. The van der Waals surface area contributed by atoms with E-state index in [1.165, 1.54) is 6.07 Å². The lowest BCUT2D eigenvalue weighted by Crippen LogP contribution is -2.19. The number of nitrogens with zero attached hydrogens (tertiary/aromatic N) is 1. The first-order valence-electron chi connectivity index (χ1n) is 8.54. The maximum Gasteiger partial charge on any atom is 0.277 e. The zero-order valence-corrected chi connectivity index (χ0v) is 16.2. The standard InChI is InChI=1S/C21H19N3O3S/c1-14-7-12-20(27-2)18(13-14)23-21(28)22-16-10-8-15(9-11-16)17-5-3-4-6-19(17)24(25)26/h3-13H,1-2H3,(H2,22,23,28). The largest absolute Gasteiger partial charge is 0.495 e. The average Bonchev–Trinajstić information content (AvgIpc) is 2.68. The molecule has 6 nitrogen and oxygen atoms in total. The molecule has 2 N–H and O–H groups in total. The van der Waals surface area contributed by atoms with Crippen LogP contribution in [0.15, 0.2) is 66.7 Å². The molecule has 142 valence electrons. The zero-order valence-electron chi connectivity index (χ0n) is 15.4. The van der Waals surface area contributed by atoms with E-state index >= 15 is 0 Å². The Morgan fingerprint density at radius 3 is 2.43 bits per heavy atom. The van der Waals surface area contributed by atoms with Gasteiger partial charge in [-0.3, -0.25) is 10.1 Å². The lowest BCUT2D eigenvalue weighted by atomic mass is 10.0. The number of para-hydroxylation sites is 1. The molecule has 3 rings (SSSR count). The second-order valence-corrected chi connectivity index (χ2v) is 6.54. The molecule has 0 aliphatic carbocycles. The van der Waals surface area contributed by atoms with E-state index in [2.05, 4.69) is 10.6 Å². The second kappa shape index (κ2) is 8.49. The van der Waals surface area contributed by atoms with Gasteiger partial charge in [-0.2, -0.15) is 0 Å². The first-order valence-corrected chi connectivity index (χ1v) is 8.95. The van der Waals surface area contributed by atoms with Crippen molar-refractivity contribution in [1.82, 2.24) is 0 Å². The molecular weight excluding hydrogens is 374 g/mol. The molecular formula is C21H19N3O3S. The van der Waals surface area contributed by atoms with Crippen molar-refractivity contribution in [2.45, 2.75) is 6.92 Å². The molecule has 0 bridgehead atoms. The van der Waals surface area contributed by atoms with Crippen molar-refractivity contribution < 1.29 is 9.66 Å². The minimum Gasteiger partial charge on any atom is -0.495 e. The van der Waals surface area contributed by atoms with E-state index in [1.807, 2.05) is 49.4 Å². The Kier molecular flexibility index (Phi) is 5.86. The molecule has 3 aromatic rings. The lowest BCUT2D eigenvalue weighted by Gasteiger charge is -2.14. The third-order valence-electron chi connectivity index (χ3n) is 4.16. The molecule has 0 aromatic heterocycles. The number of benzene rings is 3. The number of nitro groups is 1. The summed E-state index contributed by atoms with van der Waals surface area (Å²) in [6.07, 6.45) is 0. The van der Waals surface area contributed by atoms with Crippen LogP contribution in [0.1, 0.15) is 5.56 Å². The number of hydrogen-bond acceptors (Lipinski definition) is 4. The van der Waals surface area contributed by atoms with Gasteiger partial charge in [0.2, 0.25) is 0 Å². The monoisotopic (exact) mass is 393 g/mol. The molecule has 28 heavy (non-hydrogen) atoms. The highest BCUT2D eigenvalue weighted by Gasteiger charge is 2.14. The smallest absolute Gasteiger partial charge is 0.277 e. The van der Waals surface area contributed by atoms with Crippen molar-refractivity contribution in [1.29, 1.82) is 0 Å². The van der Waals surface area contributed by atoms with Crippen molar-refractivity contribution >= 4 is 34.4 Å². The van der Waals surface area contributed by atoms with E-state index in [0.29, 0.717) is 16.4 Å². The number of methoxy groups -OCH3 is 1. The van der Waals surface area contributed by atoms with Crippen LogP contribution in [0, 0.1) is 17.0 Å². The summed E-state index contributed by atoms with van der Waals surface area (Å²) >= 11 is 5.38. The number of anilines is 2. The molecule has 0 aliphatic heterocycles. The SMILES string of the molecule is COc1ccc(C)cc1NC(=S)Nc1ccc(-c2ccccc2[N+](=O)[O-])cc1. The fraction of sp³-hybridized carbons (Fsp3) is 0.0952. The highest BCUT2D eigenvalue weighted by molar-refractivity contribution is 7.80. The minimum absolute atomic E-state index is 0.0759. The Morgan fingerprint density at radius 2 is 1.75 bits per heavy atom. The normalized spacial score (nSPS) is 10.2. The summed E-state index contributed by atoms with van der Waals surface area (Å²) in [5, 5.41) is 17.9. The number of aryl methyl sites for hydroxylation is 1. The lowest BCUT2D eigenvalue weighted by molar-refractivity contribution is -0.384. The third kappa shape index (κ3) is 4.44. The van der Waals surface area contributed by atoms with Gasteiger partial charge in [0.05, 0.1) is 23.3 Å². The summed E-state index contributed by atoms with van der Waals surface area (Å²) < 4.78 is 5.34. The van der Waals surface area contributed by atoms with Crippen molar-refractivity contribution in [3.63, 3.8) is 0 Å². The number of rotatable bonds is 5. The van der Waals surface area contributed by atoms with Crippen LogP contribution in [0.4, 0.5) is 17.1 Å². The molecule has 7 heteroatoms. The van der Waals surface area contributed by atoms with E-state index in [-0.39, 0.29) is 10.6 Å². The molecule has 3 aromatic carbocycles. The summed E-state index contributed by atoms with van der Waals surface area (Å²) in [5.74, 6) is 0.696.